The fourth-order valence-electron chi connectivity index (χ4n) is 2.43. The largest absolute Gasteiger partial charge is 0.309 e. The van der Waals surface area contributed by atoms with Crippen LogP contribution in [0.25, 0.3) is 0 Å². The van der Waals surface area contributed by atoms with Crippen LogP contribution in [0, 0.1) is 0 Å². The van der Waals surface area contributed by atoms with Crippen LogP contribution in [0.2, 0.25) is 0 Å². The first-order chi connectivity index (χ1) is 8.25. The van der Waals surface area contributed by atoms with Crippen molar-refractivity contribution in [3.05, 3.63) is 23.4 Å². The Balaban J connectivity index is 2.01. The van der Waals surface area contributed by atoms with E-state index in [-0.39, 0.29) is 11.7 Å². The number of carbonyl (C=O) groups excluding carboxylic acids is 2. The smallest absolute Gasteiger partial charge is 0.299 e. The van der Waals surface area contributed by atoms with Gasteiger partial charge in [0.2, 0.25) is 0 Å². The summed E-state index contributed by atoms with van der Waals surface area (Å²) in [5.41, 5.74) is 1.59. The summed E-state index contributed by atoms with van der Waals surface area (Å²) in [5, 5.41) is 0. The van der Waals surface area contributed by atoms with Gasteiger partial charge in [-0.3, -0.25) is 9.59 Å². The van der Waals surface area contributed by atoms with E-state index in [2.05, 4.69) is 6.92 Å². The molecule has 1 aliphatic heterocycles. The topological polar surface area (TPSA) is 37.4 Å². The molecular weight excluding hydrogens is 214 g/mol. The highest BCUT2D eigenvalue weighted by Gasteiger charge is 2.36. The van der Waals surface area contributed by atoms with Gasteiger partial charge in [-0.05, 0) is 19.3 Å². The van der Waals surface area contributed by atoms with Gasteiger partial charge < -0.3 is 4.90 Å². The zero-order valence-electron chi connectivity index (χ0n) is 10.4. The standard InChI is InChI=1S/C14H19NO2/c1-2-3-4-7-10-15-12-9-6-5-8-11(12)13(16)14(15)17/h5,8H,2-4,6-7,9-10H2,1H3. The van der Waals surface area contributed by atoms with Crippen molar-refractivity contribution in [2.24, 2.45) is 0 Å². The van der Waals surface area contributed by atoms with Crippen molar-refractivity contribution in [1.82, 2.24) is 4.90 Å². The minimum atomic E-state index is -0.321. The van der Waals surface area contributed by atoms with Crippen LogP contribution in [0.3, 0.4) is 0 Å². The number of amides is 1. The number of ketones is 1. The number of Topliss-reactive ketones (excluding diaryl/α,β-unsaturated/α-hetero) is 1. The minimum absolute atomic E-state index is 0.313. The molecule has 0 N–H and O–H groups in total. The number of hydrogen-bond acceptors (Lipinski definition) is 2. The molecular formula is C14H19NO2. The summed E-state index contributed by atoms with van der Waals surface area (Å²) in [6.07, 6.45) is 10.1. The third-order valence-electron chi connectivity index (χ3n) is 3.39. The van der Waals surface area contributed by atoms with E-state index in [1.807, 2.05) is 12.2 Å². The molecule has 0 saturated heterocycles. The Labute approximate surface area is 102 Å². The maximum absolute atomic E-state index is 11.8. The number of carbonyl (C=O) groups is 2. The van der Waals surface area contributed by atoms with Gasteiger partial charge in [0.1, 0.15) is 0 Å². The Hall–Kier alpha value is -1.38. The van der Waals surface area contributed by atoms with Gasteiger partial charge in [0.05, 0.1) is 0 Å². The van der Waals surface area contributed by atoms with Gasteiger partial charge in [0, 0.05) is 17.8 Å². The second-order valence-electron chi connectivity index (χ2n) is 4.65. The maximum atomic E-state index is 11.8. The monoisotopic (exact) mass is 233 g/mol. The highest BCUT2D eigenvalue weighted by Crippen LogP contribution is 2.30. The van der Waals surface area contributed by atoms with Gasteiger partial charge >= 0.3 is 0 Å². The zero-order chi connectivity index (χ0) is 12.3. The fraction of sp³-hybridized carbons (Fsp3) is 0.571. The lowest BCUT2D eigenvalue weighted by Crippen LogP contribution is -2.29. The van der Waals surface area contributed by atoms with Crippen LogP contribution in [-0.4, -0.2) is 23.1 Å². The number of unbranched alkanes of at least 4 members (excludes halogenated alkanes) is 3. The highest BCUT2D eigenvalue weighted by molar-refractivity contribution is 6.46. The Morgan fingerprint density at radius 2 is 2.06 bits per heavy atom. The van der Waals surface area contributed by atoms with Gasteiger partial charge in [-0.15, -0.1) is 0 Å². The molecule has 0 aromatic carbocycles. The summed E-state index contributed by atoms with van der Waals surface area (Å²) in [5.74, 6) is -0.635. The van der Waals surface area contributed by atoms with Crippen LogP contribution >= 0.6 is 0 Å². The molecule has 17 heavy (non-hydrogen) atoms. The van der Waals surface area contributed by atoms with E-state index < -0.39 is 0 Å². The van der Waals surface area contributed by atoms with Crippen LogP contribution in [0.5, 0.6) is 0 Å². The van der Waals surface area contributed by atoms with Crippen molar-refractivity contribution in [1.29, 1.82) is 0 Å². The minimum Gasteiger partial charge on any atom is -0.309 e. The Bertz CT molecular complexity index is 393. The Kier molecular flexibility index (Phi) is 3.77. The predicted octanol–water partition coefficient (Wildman–Crippen LogP) is 2.58. The lowest BCUT2D eigenvalue weighted by molar-refractivity contribution is -0.139. The third kappa shape index (κ3) is 2.33. The number of allylic oxidation sites excluding steroid dienone is 3. The molecule has 0 saturated carbocycles. The summed E-state index contributed by atoms with van der Waals surface area (Å²) in [6.45, 7) is 2.87. The fourth-order valence-corrected chi connectivity index (χ4v) is 2.43. The van der Waals surface area contributed by atoms with Crippen molar-refractivity contribution in [2.45, 2.75) is 45.4 Å². The van der Waals surface area contributed by atoms with Gasteiger partial charge in [-0.25, -0.2) is 0 Å². The third-order valence-corrected chi connectivity index (χ3v) is 3.39. The Morgan fingerprint density at radius 3 is 2.82 bits per heavy atom. The van der Waals surface area contributed by atoms with E-state index in [1.54, 1.807) is 4.90 Å². The summed E-state index contributed by atoms with van der Waals surface area (Å²) < 4.78 is 0. The van der Waals surface area contributed by atoms with Crippen LogP contribution in [-0.2, 0) is 9.59 Å². The van der Waals surface area contributed by atoms with E-state index in [0.717, 1.165) is 31.4 Å². The number of nitrogens with zero attached hydrogens (tertiary/aromatic N) is 1. The molecule has 1 amide bonds. The number of hydrogen-bond donors (Lipinski definition) is 0. The second-order valence-corrected chi connectivity index (χ2v) is 4.65. The van der Waals surface area contributed by atoms with Gasteiger partial charge in [0.15, 0.2) is 0 Å². The van der Waals surface area contributed by atoms with Crippen LogP contribution < -0.4 is 0 Å². The van der Waals surface area contributed by atoms with Crippen LogP contribution in [0.1, 0.15) is 45.4 Å². The highest BCUT2D eigenvalue weighted by atomic mass is 16.2. The molecule has 0 atom stereocenters. The number of rotatable bonds is 5. The van der Waals surface area contributed by atoms with Gasteiger partial charge in [-0.1, -0.05) is 38.3 Å². The molecule has 1 heterocycles. The molecule has 3 heteroatoms. The predicted molar refractivity (Wildman–Crippen MR) is 66.3 cm³/mol. The first-order valence-electron chi connectivity index (χ1n) is 6.51. The zero-order valence-corrected chi connectivity index (χ0v) is 10.4. The molecule has 0 unspecified atom stereocenters. The quantitative estimate of drug-likeness (QED) is 0.540. The van der Waals surface area contributed by atoms with Crippen molar-refractivity contribution < 1.29 is 9.59 Å². The van der Waals surface area contributed by atoms with Crippen molar-refractivity contribution in [2.75, 3.05) is 6.54 Å². The van der Waals surface area contributed by atoms with E-state index >= 15 is 0 Å². The van der Waals surface area contributed by atoms with Gasteiger partial charge in [-0.2, -0.15) is 0 Å². The molecule has 0 spiro atoms. The second kappa shape index (κ2) is 5.30. The molecule has 1 aliphatic carbocycles. The molecule has 2 aliphatic rings. The maximum Gasteiger partial charge on any atom is 0.299 e. The normalized spacial score (nSPS) is 19.2. The average molecular weight is 233 g/mol. The molecule has 0 fully saturated rings. The summed E-state index contributed by atoms with van der Waals surface area (Å²) in [4.78, 5) is 25.3. The van der Waals surface area contributed by atoms with Crippen LogP contribution in [0.15, 0.2) is 23.4 Å². The lowest BCUT2D eigenvalue weighted by atomic mass is 10.0. The first-order valence-corrected chi connectivity index (χ1v) is 6.51. The Morgan fingerprint density at radius 1 is 1.24 bits per heavy atom. The van der Waals surface area contributed by atoms with E-state index in [9.17, 15) is 9.59 Å². The van der Waals surface area contributed by atoms with E-state index in [0.29, 0.717) is 12.1 Å². The van der Waals surface area contributed by atoms with E-state index in [4.69, 9.17) is 0 Å². The summed E-state index contributed by atoms with van der Waals surface area (Å²) in [6, 6.07) is 0. The average Bonchev–Trinajstić information content (AvgIpc) is 2.60. The van der Waals surface area contributed by atoms with Crippen molar-refractivity contribution in [3.63, 3.8) is 0 Å². The van der Waals surface area contributed by atoms with E-state index in [1.165, 1.54) is 12.8 Å². The SMILES string of the molecule is CCCCCCN1C(=O)C(=O)C2=C1CCC=C2. The van der Waals surface area contributed by atoms with Crippen molar-refractivity contribution in [3.8, 4) is 0 Å². The molecule has 0 aromatic heterocycles. The first kappa shape index (κ1) is 12.1. The van der Waals surface area contributed by atoms with Crippen molar-refractivity contribution >= 4 is 11.7 Å². The molecule has 0 aromatic rings. The summed E-state index contributed by atoms with van der Waals surface area (Å²) >= 11 is 0. The molecule has 2 rings (SSSR count). The lowest BCUT2D eigenvalue weighted by Gasteiger charge is -2.20. The molecule has 0 bridgehead atoms. The van der Waals surface area contributed by atoms with Gasteiger partial charge in [0.25, 0.3) is 11.7 Å². The van der Waals surface area contributed by atoms with Crippen LogP contribution in [0.4, 0.5) is 0 Å². The molecule has 92 valence electrons. The summed E-state index contributed by atoms with van der Waals surface area (Å²) in [7, 11) is 0. The molecule has 3 nitrogen and oxygen atoms in total. The molecule has 0 radical (unpaired) electrons.